The zero-order valence-corrected chi connectivity index (χ0v) is 14.4. The molecule has 0 aliphatic heterocycles. The van der Waals surface area contributed by atoms with Crippen molar-refractivity contribution in [3.8, 4) is 0 Å². The van der Waals surface area contributed by atoms with Gasteiger partial charge in [0, 0.05) is 0 Å². The summed E-state index contributed by atoms with van der Waals surface area (Å²) in [6, 6.07) is 10.7. The standard InChI is InChI=1S/C19H26BSi/c1-6-12-18(17-13-10-9-11-14-17)19(21(4)5)20(15-7-2)16-8-3/h6-11,13-14H,1-3,12,15-16H2,4-5H3/b19-18+. The van der Waals surface area contributed by atoms with Crippen molar-refractivity contribution in [1.29, 1.82) is 0 Å². The number of hydrogen-bond acceptors (Lipinski definition) is 0. The Morgan fingerprint density at radius 3 is 2.00 bits per heavy atom. The minimum absolute atomic E-state index is 0.527. The average Bonchev–Trinajstić information content (AvgIpc) is 2.48. The first-order valence-electron chi connectivity index (χ1n) is 7.57. The van der Waals surface area contributed by atoms with Crippen LogP contribution >= 0.6 is 0 Å². The van der Waals surface area contributed by atoms with Crippen molar-refractivity contribution in [2.24, 2.45) is 0 Å². The fourth-order valence-electron chi connectivity index (χ4n) is 2.86. The molecule has 1 rings (SSSR count). The van der Waals surface area contributed by atoms with Crippen LogP contribution in [0.25, 0.3) is 5.57 Å². The molecule has 0 saturated carbocycles. The summed E-state index contributed by atoms with van der Waals surface area (Å²) in [5, 5.41) is 1.62. The molecular formula is C19H26BSi. The molecule has 0 amide bonds. The number of hydrogen-bond donors (Lipinski definition) is 0. The van der Waals surface area contributed by atoms with E-state index in [1.807, 2.05) is 18.2 Å². The topological polar surface area (TPSA) is 0 Å². The van der Waals surface area contributed by atoms with Crippen molar-refractivity contribution in [3.63, 3.8) is 0 Å². The molecule has 0 nitrogen and oxygen atoms in total. The monoisotopic (exact) mass is 293 g/mol. The Hall–Kier alpha value is -1.54. The molecule has 2 heteroatoms. The Bertz CT molecular complexity index is 490. The summed E-state index contributed by atoms with van der Waals surface area (Å²) in [5.41, 5.74) is 2.79. The smallest absolute Gasteiger partial charge is 0.108 e. The summed E-state index contributed by atoms with van der Waals surface area (Å²) in [6.45, 7) is 17.1. The summed E-state index contributed by atoms with van der Waals surface area (Å²) < 4.78 is 0. The van der Waals surface area contributed by atoms with Gasteiger partial charge in [0.15, 0.2) is 6.71 Å². The third kappa shape index (κ3) is 5.05. The normalized spacial score (nSPS) is 11.8. The minimum atomic E-state index is -0.547. The van der Waals surface area contributed by atoms with Gasteiger partial charge in [0.05, 0.1) is 8.80 Å². The molecule has 0 bridgehead atoms. The van der Waals surface area contributed by atoms with Crippen LogP contribution in [0.2, 0.25) is 25.7 Å². The molecule has 0 heterocycles. The minimum Gasteiger partial charge on any atom is -0.108 e. The highest BCUT2D eigenvalue weighted by atomic mass is 28.3. The van der Waals surface area contributed by atoms with Crippen molar-refractivity contribution < 1.29 is 0 Å². The van der Waals surface area contributed by atoms with Crippen molar-refractivity contribution in [2.75, 3.05) is 0 Å². The summed E-state index contributed by atoms with van der Waals surface area (Å²) >= 11 is 0. The zero-order valence-electron chi connectivity index (χ0n) is 13.4. The molecule has 1 aromatic carbocycles. The van der Waals surface area contributed by atoms with E-state index in [0.29, 0.717) is 6.71 Å². The van der Waals surface area contributed by atoms with E-state index in [1.54, 1.807) is 5.10 Å². The third-order valence-electron chi connectivity index (χ3n) is 3.65. The van der Waals surface area contributed by atoms with Gasteiger partial charge >= 0.3 is 0 Å². The fourth-order valence-corrected chi connectivity index (χ4v) is 4.76. The molecule has 0 N–H and O–H groups in total. The van der Waals surface area contributed by atoms with Gasteiger partial charge in [-0.3, -0.25) is 0 Å². The summed E-state index contributed by atoms with van der Waals surface area (Å²) in [7, 11) is -0.547. The van der Waals surface area contributed by atoms with Gasteiger partial charge in [0.2, 0.25) is 0 Å². The van der Waals surface area contributed by atoms with Crippen LogP contribution in [0.5, 0.6) is 0 Å². The van der Waals surface area contributed by atoms with Crippen LogP contribution in [0.15, 0.2) is 73.4 Å². The third-order valence-corrected chi connectivity index (χ3v) is 5.43. The molecule has 0 aromatic heterocycles. The second-order valence-corrected chi connectivity index (χ2v) is 8.04. The molecule has 0 aliphatic carbocycles. The Morgan fingerprint density at radius 1 is 1.00 bits per heavy atom. The zero-order chi connectivity index (χ0) is 15.7. The summed E-state index contributed by atoms with van der Waals surface area (Å²) in [4.78, 5) is 0. The highest BCUT2D eigenvalue weighted by Gasteiger charge is 2.23. The maximum atomic E-state index is 3.96. The quantitative estimate of drug-likeness (QED) is 0.404. The largest absolute Gasteiger partial charge is 0.173 e. The second kappa shape index (κ2) is 9.41. The van der Waals surface area contributed by atoms with E-state index in [2.05, 4.69) is 63.2 Å². The average molecular weight is 293 g/mol. The van der Waals surface area contributed by atoms with Crippen LogP contribution in [0.1, 0.15) is 12.0 Å². The molecule has 21 heavy (non-hydrogen) atoms. The van der Waals surface area contributed by atoms with Gasteiger partial charge in [-0.15, -0.1) is 24.8 Å². The molecule has 1 radical (unpaired) electrons. The Labute approximate surface area is 132 Å². The van der Waals surface area contributed by atoms with E-state index in [9.17, 15) is 0 Å². The Morgan fingerprint density at radius 2 is 1.57 bits per heavy atom. The van der Waals surface area contributed by atoms with Crippen LogP contribution < -0.4 is 0 Å². The summed E-state index contributed by atoms with van der Waals surface area (Å²) in [6.07, 6.45) is 9.06. The van der Waals surface area contributed by atoms with E-state index in [0.717, 1.165) is 19.1 Å². The highest BCUT2D eigenvalue weighted by molar-refractivity contribution is 6.89. The molecule has 109 valence electrons. The second-order valence-electron chi connectivity index (χ2n) is 5.50. The first-order chi connectivity index (χ1) is 10.2. The first kappa shape index (κ1) is 17.5. The van der Waals surface area contributed by atoms with E-state index in [4.69, 9.17) is 0 Å². The summed E-state index contributed by atoms with van der Waals surface area (Å²) in [5.74, 6) is 0. The van der Waals surface area contributed by atoms with E-state index < -0.39 is 8.80 Å². The van der Waals surface area contributed by atoms with Crippen molar-refractivity contribution in [1.82, 2.24) is 0 Å². The molecule has 0 saturated heterocycles. The SMILES string of the molecule is C=CCB(CC=C)/C(=C(/CC=C)c1ccccc1)[Si](C)C. The van der Waals surface area contributed by atoms with Crippen LogP contribution in [0, 0.1) is 0 Å². The van der Waals surface area contributed by atoms with Crippen LogP contribution in [-0.4, -0.2) is 15.5 Å². The number of allylic oxidation sites excluding steroid dienone is 4. The number of benzene rings is 1. The lowest BCUT2D eigenvalue weighted by molar-refractivity contribution is 1.38. The Kier molecular flexibility index (Phi) is 7.85. The van der Waals surface area contributed by atoms with Gasteiger partial charge in [-0.05, 0) is 12.0 Å². The predicted molar refractivity (Wildman–Crippen MR) is 101 cm³/mol. The molecule has 1 aromatic rings. The van der Waals surface area contributed by atoms with Gasteiger partial charge in [-0.2, -0.15) is 0 Å². The lowest BCUT2D eigenvalue weighted by atomic mass is 9.43. The van der Waals surface area contributed by atoms with Gasteiger partial charge in [0.25, 0.3) is 0 Å². The molecular weight excluding hydrogens is 267 g/mol. The van der Waals surface area contributed by atoms with Crippen molar-refractivity contribution >= 4 is 21.1 Å². The molecule has 0 aliphatic rings. The number of rotatable bonds is 9. The predicted octanol–water partition coefficient (Wildman–Crippen LogP) is 5.72. The van der Waals surface area contributed by atoms with Gasteiger partial charge in [-0.25, -0.2) is 0 Å². The fraction of sp³-hybridized carbons (Fsp3) is 0.263. The van der Waals surface area contributed by atoms with Gasteiger partial charge in [0.1, 0.15) is 0 Å². The molecule has 0 unspecified atom stereocenters. The molecule has 0 spiro atoms. The van der Waals surface area contributed by atoms with Crippen LogP contribution in [-0.2, 0) is 0 Å². The molecule has 0 fully saturated rings. The first-order valence-corrected chi connectivity index (χ1v) is 10.1. The maximum absolute atomic E-state index is 3.96. The van der Waals surface area contributed by atoms with E-state index >= 15 is 0 Å². The molecule has 0 atom stereocenters. The lowest BCUT2D eigenvalue weighted by Gasteiger charge is -2.23. The van der Waals surface area contributed by atoms with Crippen molar-refractivity contribution in [3.05, 3.63) is 79.0 Å². The lowest BCUT2D eigenvalue weighted by Crippen LogP contribution is -2.26. The van der Waals surface area contributed by atoms with Gasteiger partial charge in [-0.1, -0.05) is 79.9 Å². The van der Waals surface area contributed by atoms with E-state index in [1.165, 1.54) is 11.1 Å². The van der Waals surface area contributed by atoms with E-state index in [-0.39, 0.29) is 0 Å². The Balaban J connectivity index is 3.42. The van der Waals surface area contributed by atoms with Crippen molar-refractivity contribution in [2.45, 2.75) is 32.2 Å². The van der Waals surface area contributed by atoms with Gasteiger partial charge < -0.3 is 0 Å². The maximum Gasteiger partial charge on any atom is 0.173 e. The van der Waals surface area contributed by atoms with Crippen LogP contribution in [0.4, 0.5) is 0 Å². The highest BCUT2D eigenvalue weighted by Crippen LogP contribution is 2.29. The van der Waals surface area contributed by atoms with Crippen LogP contribution in [0.3, 0.4) is 0 Å².